The molecule has 0 aliphatic carbocycles. The highest BCUT2D eigenvalue weighted by Gasteiger charge is 2.30. The lowest BCUT2D eigenvalue weighted by Gasteiger charge is -2.31. The van der Waals surface area contributed by atoms with E-state index in [0.29, 0.717) is 25.9 Å². The van der Waals surface area contributed by atoms with E-state index in [4.69, 9.17) is 9.84 Å². The van der Waals surface area contributed by atoms with E-state index in [2.05, 4.69) is 5.32 Å². The number of nitrogens with one attached hydrogen (secondary N) is 1. The van der Waals surface area contributed by atoms with Crippen molar-refractivity contribution in [2.75, 3.05) is 19.6 Å². The van der Waals surface area contributed by atoms with E-state index in [1.807, 2.05) is 30.3 Å². The van der Waals surface area contributed by atoms with Crippen LogP contribution in [0.5, 0.6) is 5.75 Å². The SMILES string of the molecule is O=C(NCC1CCN(C(=O)OCc2ccccc2)CC1)c1c(F)c(F)c(O)c(F)c1F. The molecule has 0 aromatic heterocycles. The second-order valence-electron chi connectivity index (χ2n) is 7.16. The van der Waals surface area contributed by atoms with Gasteiger partial charge in [0.25, 0.3) is 5.91 Å². The van der Waals surface area contributed by atoms with E-state index in [0.717, 1.165) is 5.56 Å². The minimum absolute atomic E-state index is 0.00523. The largest absolute Gasteiger partial charge is 0.503 e. The molecule has 1 fully saturated rings. The monoisotopic (exact) mass is 440 g/mol. The number of halogens is 4. The third kappa shape index (κ3) is 5.07. The molecule has 1 saturated heterocycles. The number of benzene rings is 2. The van der Waals surface area contributed by atoms with Crippen LogP contribution in [0.25, 0.3) is 0 Å². The number of nitrogens with zero attached hydrogens (tertiary/aromatic N) is 1. The van der Waals surface area contributed by atoms with Crippen LogP contribution in [0, 0.1) is 29.2 Å². The Bertz CT molecular complexity index is 935. The van der Waals surface area contributed by atoms with Crippen LogP contribution in [0.4, 0.5) is 22.4 Å². The van der Waals surface area contributed by atoms with Gasteiger partial charge >= 0.3 is 6.09 Å². The van der Waals surface area contributed by atoms with Crippen molar-refractivity contribution in [2.45, 2.75) is 19.4 Å². The van der Waals surface area contributed by atoms with Gasteiger partial charge in [-0.15, -0.1) is 0 Å². The van der Waals surface area contributed by atoms with Gasteiger partial charge in [-0.05, 0) is 24.3 Å². The number of aromatic hydroxyl groups is 1. The third-order valence-corrected chi connectivity index (χ3v) is 5.10. The molecule has 0 bridgehead atoms. The summed E-state index contributed by atoms with van der Waals surface area (Å²) in [4.78, 5) is 25.7. The molecular weight excluding hydrogens is 420 g/mol. The molecule has 1 heterocycles. The zero-order chi connectivity index (χ0) is 22.5. The zero-order valence-corrected chi connectivity index (χ0v) is 16.3. The number of ether oxygens (including phenoxy) is 1. The van der Waals surface area contributed by atoms with Gasteiger partial charge in [0.2, 0.25) is 11.6 Å². The molecule has 10 heteroatoms. The lowest BCUT2D eigenvalue weighted by molar-refractivity contribution is 0.0798. The van der Waals surface area contributed by atoms with Crippen molar-refractivity contribution in [1.82, 2.24) is 10.2 Å². The quantitative estimate of drug-likeness (QED) is 0.549. The molecule has 0 unspecified atom stereocenters. The summed E-state index contributed by atoms with van der Waals surface area (Å²) in [5.74, 6) is -11.3. The fourth-order valence-electron chi connectivity index (χ4n) is 3.28. The minimum Gasteiger partial charge on any atom is -0.503 e. The predicted molar refractivity (Wildman–Crippen MR) is 101 cm³/mol. The lowest BCUT2D eigenvalue weighted by Crippen LogP contribution is -2.42. The van der Waals surface area contributed by atoms with Crippen LogP contribution >= 0.6 is 0 Å². The molecule has 166 valence electrons. The normalized spacial score (nSPS) is 14.4. The van der Waals surface area contributed by atoms with Gasteiger partial charge in [-0.3, -0.25) is 4.79 Å². The highest BCUT2D eigenvalue weighted by Crippen LogP contribution is 2.29. The second kappa shape index (κ2) is 9.67. The van der Waals surface area contributed by atoms with Crippen LogP contribution in [0.2, 0.25) is 0 Å². The van der Waals surface area contributed by atoms with Gasteiger partial charge in [0.05, 0.1) is 0 Å². The summed E-state index contributed by atoms with van der Waals surface area (Å²) in [7, 11) is 0. The molecule has 3 rings (SSSR count). The van der Waals surface area contributed by atoms with E-state index in [1.54, 1.807) is 0 Å². The van der Waals surface area contributed by atoms with Crippen LogP contribution in [-0.4, -0.2) is 41.6 Å². The average molecular weight is 440 g/mol. The minimum atomic E-state index is -2.04. The predicted octanol–water partition coefficient (Wildman–Crippen LogP) is 3.73. The zero-order valence-electron chi connectivity index (χ0n) is 16.3. The van der Waals surface area contributed by atoms with Gasteiger partial charge in [-0.1, -0.05) is 30.3 Å². The van der Waals surface area contributed by atoms with E-state index in [1.165, 1.54) is 4.90 Å². The molecule has 2 aromatic carbocycles. The number of phenolic OH excluding ortho intramolecular Hbond substituents is 1. The Labute approximate surface area is 175 Å². The van der Waals surface area contributed by atoms with Crippen molar-refractivity contribution in [2.24, 2.45) is 5.92 Å². The number of carbonyl (C=O) groups excluding carboxylic acids is 2. The van der Waals surface area contributed by atoms with E-state index < -0.39 is 46.6 Å². The van der Waals surface area contributed by atoms with Crippen molar-refractivity contribution >= 4 is 12.0 Å². The maximum Gasteiger partial charge on any atom is 0.410 e. The number of hydrogen-bond donors (Lipinski definition) is 2. The van der Waals surface area contributed by atoms with Crippen LogP contribution in [0.3, 0.4) is 0 Å². The number of likely N-dealkylation sites (tertiary alicyclic amines) is 1. The fourth-order valence-corrected chi connectivity index (χ4v) is 3.28. The first-order chi connectivity index (χ1) is 14.8. The first-order valence-corrected chi connectivity index (χ1v) is 9.58. The summed E-state index contributed by atoms with van der Waals surface area (Å²) in [6.45, 7) is 0.861. The van der Waals surface area contributed by atoms with Gasteiger partial charge < -0.3 is 20.1 Å². The molecule has 1 aliphatic rings. The third-order valence-electron chi connectivity index (χ3n) is 5.10. The highest BCUT2D eigenvalue weighted by molar-refractivity contribution is 5.95. The van der Waals surface area contributed by atoms with Crippen molar-refractivity contribution in [1.29, 1.82) is 0 Å². The number of piperidine rings is 1. The number of phenols is 1. The molecule has 0 atom stereocenters. The molecule has 31 heavy (non-hydrogen) atoms. The molecule has 0 radical (unpaired) electrons. The Morgan fingerprint density at radius 1 is 1.00 bits per heavy atom. The topological polar surface area (TPSA) is 78.9 Å². The van der Waals surface area contributed by atoms with Crippen LogP contribution in [0.15, 0.2) is 30.3 Å². The number of amides is 2. The second-order valence-corrected chi connectivity index (χ2v) is 7.16. The van der Waals surface area contributed by atoms with Crippen LogP contribution in [-0.2, 0) is 11.3 Å². The van der Waals surface area contributed by atoms with E-state index in [-0.39, 0.29) is 19.1 Å². The van der Waals surface area contributed by atoms with Gasteiger partial charge in [-0.25, -0.2) is 13.6 Å². The standard InChI is InChI=1S/C21H20F4N2O4/c22-15-14(16(23)18(25)19(28)17(15)24)20(29)26-10-12-6-8-27(9-7-12)21(30)31-11-13-4-2-1-3-5-13/h1-5,12,28H,6-11H2,(H,26,29). The molecular formula is C21H20F4N2O4. The highest BCUT2D eigenvalue weighted by atomic mass is 19.2. The number of rotatable bonds is 5. The number of hydrogen-bond acceptors (Lipinski definition) is 4. The summed E-state index contributed by atoms with van der Waals surface area (Å²) in [6, 6.07) is 9.19. The average Bonchev–Trinajstić information content (AvgIpc) is 2.79. The fraction of sp³-hybridized carbons (Fsp3) is 0.333. The lowest BCUT2D eigenvalue weighted by atomic mass is 9.97. The Hall–Kier alpha value is -3.30. The van der Waals surface area contributed by atoms with Crippen molar-refractivity contribution in [3.8, 4) is 5.75 Å². The van der Waals surface area contributed by atoms with Gasteiger partial charge in [0, 0.05) is 19.6 Å². The van der Waals surface area contributed by atoms with Crippen LogP contribution in [0.1, 0.15) is 28.8 Å². The van der Waals surface area contributed by atoms with E-state index in [9.17, 15) is 27.2 Å². The van der Waals surface area contributed by atoms with Gasteiger partial charge in [0.15, 0.2) is 17.4 Å². The first kappa shape index (κ1) is 22.4. The Kier molecular flexibility index (Phi) is 6.98. The molecule has 6 nitrogen and oxygen atoms in total. The maximum absolute atomic E-state index is 13.8. The van der Waals surface area contributed by atoms with Gasteiger partial charge in [-0.2, -0.15) is 8.78 Å². The Balaban J connectivity index is 1.48. The molecule has 2 aromatic rings. The van der Waals surface area contributed by atoms with Gasteiger partial charge in [0.1, 0.15) is 12.2 Å². The molecule has 0 spiro atoms. The first-order valence-electron chi connectivity index (χ1n) is 9.58. The summed E-state index contributed by atoms with van der Waals surface area (Å²) < 4.78 is 59.7. The van der Waals surface area contributed by atoms with E-state index >= 15 is 0 Å². The van der Waals surface area contributed by atoms with Crippen molar-refractivity contribution < 1.29 is 37.0 Å². The molecule has 2 N–H and O–H groups in total. The van der Waals surface area contributed by atoms with Crippen molar-refractivity contribution in [3.63, 3.8) is 0 Å². The summed E-state index contributed by atoms with van der Waals surface area (Å²) in [6.07, 6.45) is 0.513. The summed E-state index contributed by atoms with van der Waals surface area (Å²) >= 11 is 0. The van der Waals surface area contributed by atoms with Crippen molar-refractivity contribution in [3.05, 3.63) is 64.7 Å². The number of carbonyl (C=O) groups is 2. The summed E-state index contributed by atoms with van der Waals surface area (Å²) in [5.41, 5.74) is -0.579. The molecule has 0 saturated carbocycles. The molecule has 1 aliphatic heterocycles. The Morgan fingerprint density at radius 3 is 2.16 bits per heavy atom. The Morgan fingerprint density at radius 2 is 1.58 bits per heavy atom. The summed E-state index contributed by atoms with van der Waals surface area (Å²) in [5, 5.41) is 11.2. The molecule has 2 amide bonds. The smallest absolute Gasteiger partial charge is 0.410 e. The maximum atomic E-state index is 13.8. The van der Waals surface area contributed by atoms with Crippen LogP contribution < -0.4 is 5.32 Å².